The van der Waals surface area contributed by atoms with E-state index < -0.39 is 6.03 Å². The predicted octanol–water partition coefficient (Wildman–Crippen LogP) is 6.11. The summed E-state index contributed by atoms with van der Waals surface area (Å²) in [6.07, 6.45) is 7.03. The van der Waals surface area contributed by atoms with Crippen LogP contribution in [0.5, 0.6) is 0 Å². The molecular formula is C40H48N6O5. The summed E-state index contributed by atoms with van der Waals surface area (Å²) in [5.74, 6) is -0.495. The zero-order valence-electron chi connectivity index (χ0n) is 29.0. The van der Waals surface area contributed by atoms with E-state index in [1.54, 1.807) is 0 Å². The van der Waals surface area contributed by atoms with Crippen molar-refractivity contribution >= 4 is 23.7 Å². The maximum Gasteiger partial charge on any atom is 0.320 e. The van der Waals surface area contributed by atoms with Crippen LogP contribution >= 0.6 is 0 Å². The molecule has 1 heterocycles. The summed E-state index contributed by atoms with van der Waals surface area (Å²) in [5.41, 5.74) is 3.28. The average Bonchev–Trinajstić information content (AvgIpc) is 3.56. The molecular weight excluding hydrogens is 644 g/mol. The molecule has 3 aromatic carbocycles. The number of anilines is 1. The van der Waals surface area contributed by atoms with Crippen molar-refractivity contribution in [3.63, 3.8) is 0 Å². The Kier molecular flexibility index (Phi) is 12.8. The van der Waals surface area contributed by atoms with Gasteiger partial charge in [0, 0.05) is 12.6 Å². The zero-order chi connectivity index (χ0) is 35.3. The molecule has 0 spiro atoms. The third kappa shape index (κ3) is 10.7. The van der Waals surface area contributed by atoms with Crippen molar-refractivity contribution < 1.29 is 23.9 Å². The molecule has 4 amide bonds. The monoisotopic (exact) mass is 692 g/mol. The first kappa shape index (κ1) is 35.8. The van der Waals surface area contributed by atoms with E-state index in [1.807, 2.05) is 91.0 Å². The number of rotatable bonds is 14. The maximum absolute atomic E-state index is 13.9. The van der Waals surface area contributed by atoms with E-state index in [1.165, 1.54) is 10.7 Å². The minimum atomic E-state index is -0.470. The molecule has 1 aromatic heterocycles. The first-order valence-electron chi connectivity index (χ1n) is 18.1. The van der Waals surface area contributed by atoms with Crippen molar-refractivity contribution in [1.29, 1.82) is 0 Å². The van der Waals surface area contributed by atoms with Crippen LogP contribution in [0.25, 0.3) is 0 Å². The molecule has 2 saturated carbocycles. The molecule has 2 fully saturated rings. The highest BCUT2D eigenvalue weighted by atomic mass is 16.5. The third-order valence-electron chi connectivity index (χ3n) is 9.53. The molecule has 0 radical (unpaired) electrons. The number of benzene rings is 3. The van der Waals surface area contributed by atoms with Crippen molar-refractivity contribution in [2.24, 2.45) is 0 Å². The van der Waals surface area contributed by atoms with Crippen LogP contribution < -0.4 is 21.3 Å². The van der Waals surface area contributed by atoms with Crippen LogP contribution in [0, 0.1) is 0 Å². The Bertz CT molecular complexity index is 1700. The molecule has 0 aliphatic heterocycles. The van der Waals surface area contributed by atoms with E-state index in [-0.39, 0.29) is 54.2 Å². The number of hydrogen-bond donors (Lipinski definition) is 4. The molecule has 51 heavy (non-hydrogen) atoms. The first-order chi connectivity index (χ1) is 25.0. The largest absolute Gasteiger partial charge is 0.371 e. The summed E-state index contributed by atoms with van der Waals surface area (Å²) in [7, 11) is 0. The highest BCUT2D eigenvalue weighted by molar-refractivity contribution is 5.96. The Morgan fingerprint density at radius 2 is 1.18 bits per heavy atom. The van der Waals surface area contributed by atoms with Gasteiger partial charge in [-0.05, 0) is 42.4 Å². The highest BCUT2D eigenvalue weighted by Crippen LogP contribution is 2.25. The Hall–Kier alpha value is -5.00. The van der Waals surface area contributed by atoms with Gasteiger partial charge < -0.3 is 25.4 Å². The van der Waals surface area contributed by atoms with Gasteiger partial charge in [0.15, 0.2) is 5.82 Å². The van der Waals surface area contributed by atoms with Crippen LogP contribution in [0.3, 0.4) is 0 Å². The molecule has 11 heteroatoms. The lowest BCUT2D eigenvalue weighted by Crippen LogP contribution is -2.48. The quantitative estimate of drug-likeness (QED) is 0.126. The van der Waals surface area contributed by atoms with E-state index in [4.69, 9.17) is 9.47 Å². The second-order valence-corrected chi connectivity index (χ2v) is 13.4. The first-order valence-corrected chi connectivity index (χ1v) is 18.1. The van der Waals surface area contributed by atoms with E-state index in [0.29, 0.717) is 19.8 Å². The van der Waals surface area contributed by atoms with E-state index in [2.05, 4.69) is 26.4 Å². The van der Waals surface area contributed by atoms with Crippen molar-refractivity contribution in [3.05, 3.63) is 119 Å². The van der Waals surface area contributed by atoms with Gasteiger partial charge in [0.05, 0.1) is 37.5 Å². The second-order valence-electron chi connectivity index (χ2n) is 13.4. The fourth-order valence-corrected chi connectivity index (χ4v) is 6.83. The lowest BCUT2D eigenvalue weighted by atomic mass is 9.92. The van der Waals surface area contributed by atoms with Crippen LogP contribution in [-0.4, -0.2) is 51.9 Å². The number of hydrogen-bond acceptors (Lipinski definition) is 6. The minimum Gasteiger partial charge on any atom is -0.371 e. The Labute approximate surface area is 299 Å². The molecule has 0 saturated heterocycles. The van der Waals surface area contributed by atoms with E-state index >= 15 is 0 Å². The van der Waals surface area contributed by atoms with Gasteiger partial charge >= 0.3 is 6.03 Å². The molecule has 4 atom stereocenters. The summed E-state index contributed by atoms with van der Waals surface area (Å²) in [5, 5.41) is 16.4. The third-order valence-corrected chi connectivity index (χ3v) is 9.53. The number of carbonyl (C=O) groups is 3. The number of ether oxygens (including phenoxy) is 2. The lowest BCUT2D eigenvalue weighted by Gasteiger charge is -2.32. The van der Waals surface area contributed by atoms with Gasteiger partial charge in [-0.15, -0.1) is 0 Å². The van der Waals surface area contributed by atoms with Gasteiger partial charge in [0.2, 0.25) is 5.91 Å². The Morgan fingerprint density at radius 1 is 0.667 bits per heavy atom. The van der Waals surface area contributed by atoms with E-state index in [9.17, 15) is 14.4 Å². The van der Waals surface area contributed by atoms with Crippen molar-refractivity contribution in [3.8, 4) is 0 Å². The van der Waals surface area contributed by atoms with Gasteiger partial charge in [0.1, 0.15) is 12.2 Å². The van der Waals surface area contributed by atoms with Crippen molar-refractivity contribution in [2.75, 3.05) is 5.32 Å². The van der Waals surface area contributed by atoms with Crippen LogP contribution in [0.4, 0.5) is 10.6 Å². The molecule has 2 aliphatic rings. The maximum atomic E-state index is 13.9. The molecule has 0 bridgehead atoms. The lowest BCUT2D eigenvalue weighted by molar-refractivity contribution is -0.124. The van der Waals surface area contributed by atoms with E-state index in [0.717, 1.165) is 68.1 Å². The topological polar surface area (TPSA) is 136 Å². The van der Waals surface area contributed by atoms with Crippen molar-refractivity contribution in [2.45, 2.75) is 102 Å². The van der Waals surface area contributed by atoms with Gasteiger partial charge in [0.25, 0.3) is 5.91 Å². The summed E-state index contributed by atoms with van der Waals surface area (Å²) >= 11 is 0. The smallest absolute Gasteiger partial charge is 0.320 e. The average molecular weight is 693 g/mol. The molecule has 6 rings (SSSR count). The predicted molar refractivity (Wildman–Crippen MR) is 195 cm³/mol. The van der Waals surface area contributed by atoms with Crippen LogP contribution in [0.15, 0.2) is 97.1 Å². The molecule has 4 aromatic rings. The van der Waals surface area contributed by atoms with Gasteiger partial charge in [-0.1, -0.05) is 117 Å². The number of carbonyl (C=O) groups excluding carboxylic acids is 3. The van der Waals surface area contributed by atoms with Gasteiger partial charge in [-0.2, -0.15) is 5.10 Å². The number of aromatic nitrogens is 2. The Morgan fingerprint density at radius 3 is 1.75 bits per heavy atom. The Balaban J connectivity index is 1.13. The summed E-state index contributed by atoms with van der Waals surface area (Å²) in [6.45, 7) is 1.06. The fourth-order valence-electron chi connectivity index (χ4n) is 6.83. The van der Waals surface area contributed by atoms with Crippen LogP contribution in [-0.2, 0) is 40.6 Å². The number of amides is 4. The molecule has 11 nitrogen and oxygen atoms in total. The normalized spacial score (nSPS) is 20.2. The number of nitrogens with one attached hydrogen (secondary N) is 4. The molecule has 0 unspecified atom stereocenters. The zero-order valence-corrected chi connectivity index (χ0v) is 29.0. The van der Waals surface area contributed by atoms with Gasteiger partial charge in [-0.25, -0.2) is 9.48 Å². The second kappa shape index (κ2) is 18.3. The van der Waals surface area contributed by atoms with Crippen LogP contribution in [0.1, 0.15) is 78.5 Å². The molecule has 268 valence electrons. The summed E-state index contributed by atoms with van der Waals surface area (Å²) in [6, 6.07) is 30.2. The molecule has 2 aliphatic carbocycles. The fraction of sp³-hybridized carbons (Fsp3) is 0.400. The summed E-state index contributed by atoms with van der Waals surface area (Å²) in [4.78, 5) is 40.3. The SMILES string of the molecule is O=C(Cn1nc(NC(=O)NCc2ccccc2)cc1C(=O)N[C@H]1CCCC[C@@H]1OCc1ccccc1)N[C@H]1CCCC[C@@H]1OCc1ccccc1. The van der Waals surface area contributed by atoms with Crippen LogP contribution in [0.2, 0.25) is 0 Å². The van der Waals surface area contributed by atoms with Crippen molar-refractivity contribution in [1.82, 2.24) is 25.7 Å². The molecule has 4 N–H and O–H groups in total. The minimum absolute atomic E-state index is 0.118. The van der Waals surface area contributed by atoms with Gasteiger partial charge in [-0.3, -0.25) is 14.9 Å². The number of urea groups is 1. The summed E-state index contributed by atoms with van der Waals surface area (Å²) < 4.78 is 13.9. The standard InChI is InChI=1S/C40H48N6O5/c47-38(42-32-20-10-12-22-35(32)50-27-30-16-6-2-7-17-30)26-46-34(24-37(45-46)44-40(49)41-25-29-14-4-1-5-15-29)39(48)43-33-21-11-13-23-36(33)51-28-31-18-8-3-9-19-31/h1-9,14-19,24,32-33,35-36H,10-13,20-23,25-28H2,(H,42,47)(H,43,48)(H2,41,44,45,49)/t32-,33-,35-,36-/m0/s1. The number of nitrogens with zero attached hydrogens (tertiary/aromatic N) is 2. The highest BCUT2D eigenvalue weighted by Gasteiger charge is 2.31.